The Morgan fingerprint density at radius 3 is 2.46 bits per heavy atom. The standard InChI is InChI=1S/C20H14Cl2FN3O2/c21-14-6-4-13(5-7-14)20(28)26-18(24-17-2-1-3-19(27)25-17)10-12-8-15(22)11-16(23)9-12/h1-9,11H,10H2,(H2,24,25,26,27,28). The van der Waals surface area contributed by atoms with Crippen molar-refractivity contribution < 1.29 is 9.18 Å². The van der Waals surface area contributed by atoms with Crippen molar-refractivity contribution in [2.75, 3.05) is 0 Å². The van der Waals surface area contributed by atoms with Crippen molar-refractivity contribution in [1.29, 1.82) is 0 Å². The summed E-state index contributed by atoms with van der Waals surface area (Å²) in [5.74, 6) is -0.458. The van der Waals surface area contributed by atoms with Crippen molar-refractivity contribution in [2.24, 2.45) is 4.99 Å². The average Bonchev–Trinajstić information content (AvgIpc) is 2.61. The van der Waals surface area contributed by atoms with E-state index in [1.54, 1.807) is 36.4 Å². The first-order chi connectivity index (χ1) is 13.4. The predicted octanol–water partition coefficient (Wildman–Crippen LogP) is 4.52. The van der Waals surface area contributed by atoms with Gasteiger partial charge in [-0.05, 0) is 54.1 Å². The first kappa shape index (κ1) is 19.8. The Morgan fingerprint density at radius 1 is 1.04 bits per heavy atom. The molecule has 0 radical (unpaired) electrons. The summed E-state index contributed by atoms with van der Waals surface area (Å²) < 4.78 is 13.7. The smallest absolute Gasteiger partial charge is 0.256 e. The van der Waals surface area contributed by atoms with Crippen LogP contribution in [0.25, 0.3) is 0 Å². The number of H-pyrrole nitrogens is 1. The number of hydrogen-bond donors (Lipinski definition) is 2. The molecule has 1 heterocycles. The second-order valence-corrected chi connectivity index (χ2v) is 6.75. The van der Waals surface area contributed by atoms with Gasteiger partial charge >= 0.3 is 0 Å². The molecule has 0 bridgehead atoms. The van der Waals surface area contributed by atoms with E-state index in [0.717, 1.165) is 0 Å². The third-order valence-corrected chi connectivity index (χ3v) is 4.14. The second kappa shape index (κ2) is 8.82. The van der Waals surface area contributed by atoms with E-state index in [1.165, 1.54) is 24.3 Å². The van der Waals surface area contributed by atoms with Gasteiger partial charge in [0, 0.05) is 28.1 Å². The number of nitrogens with zero attached hydrogens (tertiary/aromatic N) is 1. The van der Waals surface area contributed by atoms with E-state index in [9.17, 15) is 14.0 Å². The molecule has 0 fully saturated rings. The molecular weight excluding hydrogens is 404 g/mol. The average molecular weight is 418 g/mol. The van der Waals surface area contributed by atoms with E-state index in [2.05, 4.69) is 15.3 Å². The monoisotopic (exact) mass is 417 g/mol. The molecule has 142 valence electrons. The second-order valence-electron chi connectivity index (χ2n) is 5.87. The van der Waals surface area contributed by atoms with Crippen molar-refractivity contribution in [3.8, 4) is 0 Å². The van der Waals surface area contributed by atoms with E-state index in [1.807, 2.05) is 0 Å². The molecule has 1 amide bonds. The van der Waals surface area contributed by atoms with Crippen molar-refractivity contribution in [1.82, 2.24) is 10.3 Å². The Balaban J connectivity index is 1.92. The molecule has 2 N–H and O–H groups in total. The molecule has 3 rings (SSSR count). The van der Waals surface area contributed by atoms with Crippen LogP contribution in [0.3, 0.4) is 0 Å². The van der Waals surface area contributed by atoms with Crippen LogP contribution < -0.4 is 10.9 Å². The number of amidine groups is 1. The van der Waals surface area contributed by atoms with Crippen LogP contribution in [0.4, 0.5) is 10.2 Å². The lowest BCUT2D eigenvalue weighted by molar-refractivity contribution is 0.0976. The summed E-state index contributed by atoms with van der Waals surface area (Å²) in [5, 5.41) is 3.42. The SMILES string of the molecule is O=C(NC(Cc1cc(F)cc(Cl)c1)=Nc1cccc(=O)[nH]1)c1ccc(Cl)cc1. The number of hydrogen-bond acceptors (Lipinski definition) is 3. The van der Waals surface area contributed by atoms with Crippen LogP contribution in [0, 0.1) is 5.82 Å². The molecule has 3 aromatic rings. The van der Waals surface area contributed by atoms with Gasteiger partial charge in [0.05, 0.1) is 0 Å². The Hall–Kier alpha value is -2.96. The normalized spacial score (nSPS) is 11.3. The molecule has 0 aliphatic carbocycles. The molecule has 0 spiro atoms. The highest BCUT2D eigenvalue weighted by Crippen LogP contribution is 2.16. The van der Waals surface area contributed by atoms with Gasteiger partial charge in [-0.2, -0.15) is 0 Å². The number of benzene rings is 2. The summed E-state index contributed by atoms with van der Waals surface area (Å²) in [6.07, 6.45) is 0.0910. The van der Waals surface area contributed by atoms with Crippen LogP contribution in [-0.2, 0) is 6.42 Å². The number of pyridine rings is 1. The number of amides is 1. The molecule has 0 saturated carbocycles. The van der Waals surface area contributed by atoms with Crippen LogP contribution in [-0.4, -0.2) is 16.7 Å². The van der Waals surface area contributed by atoms with Gasteiger partial charge in [-0.3, -0.25) is 9.59 Å². The lowest BCUT2D eigenvalue weighted by Crippen LogP contribution is -2.32. The van der Waals surface area contributed by atoms with Gasteiger partial charge in [0.1, 0.15) is 17.5 Å². The maximum absolute atomic E-state index is 13.7. The molecule has 0 aliphatic heterocycles. The van der Waals surface area contributed by atoms with Crippen LogP contribution in [0.15, 0.2) is 70.5 Å². The van der Waals surface area contributed by atoms with Gasteiger partial charge in [0.15, 0.2) is 0 Å². The van der Waals surface area contributed by atoms with Gasteiger partial charge in [-0.1, -0.05) is 29.3 Å². The number of aromatic amines is 1. The van der Waals surface area contributed by atoms with E-state index in [0.29, 0.717) is 16.1 Å². The third-order valence-electron chi connectivity index (χ3n) is 3.67. The first-order valence-electron chi connectivity index (χ1n) is 8.18. The van der Waals surface area contributed by atoms with Gasteiger partial charge in [0.25, 0.3) is 5.91 Å². The fraction of sp³-hybridized carbons (Fsp3) is 0.0500. The molecule has 1 aromatic heterocycles. The molecule has 28 heavy (non-hydrogen) atoms. The number of nitrogens with one attached hydrogen (secondary N) is 2. The number of halogens is 3. The summed E-state index contributed by atoms with van der Waals surface area (Å²) in [6.45, 7) is 0. The zero-order chi connectivity index (χ0) is 20.1. The minimum atomic E-state index is -0.501. The number of aliphatic imine (C=N–C) groups is 1. The van der Waals surface area contributed by atoms with Gasteiger partial charge in [-0.15, -0.1) is 0 Å². The summed E-state index contributed by atoms with van der Waals surface area (Å²) >= 11 is 11.7. The summed E-state index contributed by atoms with van der Waals surface area (Å²) in [7, 11) is 0. The number of carbonyl (C=O) groups is 1. The van der Waals surface area contributed by atoms with Crippen LogP contribution >= 0.6 is 23.2 Å². The summed E-state index contributed by atoms with van der Waals surface area (Å²) in [6, 6.07) is 14.8. The van der Waals surface area contributed by atoms with Crippen molar-refractivity contribution >= 4 is 40.8 Å². The van der Waals surface area contributed by atoms with Crippen LogP contribution in [0.1, 0.15) is 15.9 Å². The van der Waals surface area contributed by atoms with E-state index >= 15 is 0 Å². The molecular formula is C20H14Cl2FN3O2. The van der Waals surface area contributed by atoms with E-state index in [4.69, 9.17) is 23.2 Å². The van der Waals surface area contributed by atoms with Crippen LogP contribution in [0.2, 0.25) is 10.0 Å². The van der Waals surface area contributed by atoms with Gasteiger partial charge < -0.3 is 10.3 Å². The Morgan fingerprint density at radius 2 is 1.79 bits per heavy atom. The zero-order valence-electron chi connectivity index (χ0n) is 14.4. The van der Waals surface area contributed by atoms with Gasteiger partial charge in [0.2, 0.25) is 5.56 Å². The Bertz CT molecular complexity index is 1070. The fourth-order valence-electron chi connectivity index (χ4n) is 2.47. The highest BCUT2D eigenvalue weighted by atomic mass is 35.5. The first-order valence-corrected chi connectivity index (χ1v) is 8.93. The lowest BCUT2D eigenvalue weighted by atomic mass is 10.1. The molecule has 0 unspecified atom stereocenters. The molecule has 8 heteroatoms. The maximum atomic E-state index is 13.7. The number of rotatable bonds is 4. The van der Waals surface area contributed by atoms with Crippen molar-refractivity contribution in [2.45, 2.75) is 6.42 Å². The fourth-order valence-corrected chi connectivity index (χ4v) is 2.84. The predicted molar refractivity (Wildman–Crippen MR) is 108 cm³/mol. The molecule has 2 aromatic carbocycles. The van der Waals surface area contributed by atoms with Crippen molar-refractivity contribution in [3.05, 3.63) is 98.0 Å². The minimum absolute atomic E-state index is 0.0910. The van der Waals surface area contributed by atoms with E-state index < -0.39 is 11.7 Å². The molecule has 0 aliphatic rings. The molecule has 5 nitrogen and oxygen atoms in total. The Kier molecular flexibility index (Phi) is 6.23. The largest absolute Gasteiger partial charge is 0.310 e. The maximum Gasteiger partial charge on any atom is 0.256 e. The number of carbonyl (C=O) groups excluding carboxylic acids is 1. The quantitative estimate of drug-likeness (QED) is 0.483. The minimum Gasteiger partial charge on any atom is -0.310 e. The van der Waals surface area contributed by atoms with E-state index in [-0.39, 0.29) is 28.7 Å². The summed E-state index contributed by atoms with van der Waals surface area (Å²) in [5.41, 5.74) is 0.549. The van der Waals surface area contributed by atoms with Crippen LogP contribution in [0.5, 0.6) is 0 Å². The highest BCUT2D eigenvalue weighted by molar-refractivity contribution is 6.31. The number of aromatic nitrogens is 1. The Labute approximate surface area is 169 Å². The topological polar surface area (TPSA) is 74.3 Å². The summed E-state index contributed by atoms with van der Waals surface area (Å²) in [4.78, 5) is 30.9. The molecule has 0 atom stereocenters. The zero-order valence-corrected chi connectivity index (χ0v) is 15.9. The third kappa shape index (κ3) is 5.52. The van der Waals surface area contributed by atoms with Gasteiger partial charge in [-0.25, -0.2) is 9.38 Å². The lowest BCUT2D eigenvalue weighted by Gasteiger charge is -2.10. The highest BCUT2D eigenvalue weighted by Gasteiger charge is 2.11. The molecule has 0 saturated heterocycles. The van der Waals surface area contributed by atoms with Crippen molar-refractivity contribution in [3.63, 3.8) is 0 Å².